The average Bonchev–Trinajstić information content (AvgIpc) is 3.10. The molecule has 2 aromatic rings. The first-order valence-electron chi connectivity index (χ1n) is 6.69. The van der Waals surface area contributed by atoms with Crippen LogP contribution in [0, 0.1) is 0 Å². The molecule has 0 saturated carbocycles. The Hall–Kier alpha value is -1.50. The number of rotatable bonds is 2. The van der Waals surface area contributed by atoms with Gasteiger partial charge in [-0.15, -0.1) is 0 Å². The van der Waals surface area contributed by atoms with E-state index in [1.54, 1.807) is 20.2 Å². The minimum absolute atomic E-state index is 0.0831. The Morgan fingerprint density at radius 1 is 1.35 bits per heavy atom. The number of amides is 1. The van der Waals surface area contributed by atoms with E-state index in [1.165, 1.54) is 16.7 Å². The fourth-order valence-electron chi connectivity index (χ4n) is 2.11. The lowest BCUT2D eigenvalue weighted by molar-refractivity contribution is -0.121. The molecule has 0 bridgehead atoms. The Kier molecular flexibility index (Phi) is 4.66. The van der Waals surface area contributed by atoms with Crippen LogP contribution in [0.25, 0.3) is 17.4 Å². The lowest BCUT2D eigenvalue weighted by Crippen LogP contribution is -2.23. The van der Waals surface area contributed by atoms with Crippen LogP contribution < -0.4 is 0 Å². The number of amidine groups is 1. The quantitative estimate of drug-likeness (QED) is 0.661. The van der Waals surface area contributed by atoms with Gasteiger partial charge in [0.1, 0.15) is 11.5 Å². The first-order valence-corrected chi connectivity index (χ1v) is 8.68. The number of benzene rings is 1. The normalized spacial score (nSPS) is 18.4. The van der Waals surface area contributed by atoms with Crippen molar-refractivity contribution in [2.45, 2.75) is 0 Å². The van der Waals surface area contributed by atoms with Gasteiger partial charge in [-0.1, -0.05) is 17.7 Å². The monoisotopic (exact) mass is 410 g/mol. The minimum atomic E-state index is -0.0831. The molecule has 23 heavy (non-hydrogen) atoms. The van der Waals surface area contributed by atoms with E-state index in [2.05, 4.69) is 20.9 Å². The van der Waals surface area contributed by atoms with E-state index in [0.29, 0.717) is 26.6 Å². The van der Waals surface area contributed by atoms with Crippen LogP contribution in [-0.2, 0) is 4.79 Å². The minimum Gasteiger partial charge on any atom is -0.457 e. The van der Waals surface area contributed by atoms with Gasteiger partial charge in [-0.05, 0) is 52.0 Å². The van der Waals surface area contributed by atoms with Gasteiger partial charge in [-0.25, -0.2) is 0 Å². The molecule has 0 spiro atoms. The molecule has 1 aliphatic heterocycles. The van der Waals surface area contributed by atoms with Crippen LogP contribution in [0.1, 0.15) is 5.76 Å². The molecule has 1 aromatic heterocycles. The van der Waals surface area contributed by atoms with E-state index in [-0.39, 0.29) is 5.91 Å². The molecule has 1 aliphatic rings. The Balaban J connectivity index is 1.89. The maximum atomic E-state index is 12.1. The number of likely N-dealkylation sites (N-methyl/N-ethyl adjacent to an activating group) is 1. The molecule has 0 atom stereocenters. The zero-order valence-electron chi connectivity index (χ0n) is 12.3. The molecule has 0 radical (unpaired) electrons. The maximum absolute atomic E-state index is 12.1. The van der Waals surface area contributed by atoms with Crippen molar-refractivity contribution >= 4 is 56.4 Å². The smallest absolute Gasteiger partial charge is 0.266 e. The highest BCUT2D eigenvalue weighted by Gasteiger charge is 2.30. The van der Waals surface area contributed by atoms with E-state index >= 15 is 0 Å². The zero-order chi connectivity index (χ0) is 16.6. The summed E-state index contributed by atoms with van der Waals surface area (Å²) in [5, 5.41) is 1.29. The average molecular weight is 412 g/mol. The molecule has 3 rings (SSSR count). The molecule has 0 unspecified atom stereocenters. The van der Waals surface area contributed by atoms with E-state index in [1.807, 2.05) is 30.3 Å². The number of carbonyl (C=O) groups excluding carboxylic acids is 1. The Morgan fingerprint density at radius 3 is 2.78 bits per heavy atom. The molecule has 0 N–H and O–H groups in total. The van der Waals surface area contributed by atoms with E-state index in [9.17, 15) is 4.79 Å². The summed E-state index contributed by atoms with van der Waals surface area (Å²) in [5.41, 5.74) is 0.876. The Labute approximate surface area is 151 Å². The second-order valence-electron chi connectivity index (χ2n) is 4.81. The fourth-order valence-corrected chi connectivity index (χ4v) is 3.45. The fraction of sp³-hybridized carbons (Fsp3) is 0.125. The van der Waals surface area contributed by atoms with Gasteiger partial charge in [-0.2, -0.15) is 0 Å². The van der Waals surface area contributed by atoms with E-state index < -0.39 is 0 Å². The number of furan rings is 1. The van der Waals surface area contributed by atoms with Crippen LogP contribution in [0.2, 0.25) is 5.02 Å². The van der Waals surface area contributed by atoms with Crippen molar-refractivity contribution in [2.75, 3.05) is 14.1 Å². The summed E-state index contributed by atoms with van der Waals surface area (Å²) in [6.07, 6.45) is 1.73. The lowest BCUT2D eigenvalue weighted by atomic mass is 10.2. The highest BCUT2D eigenvalue weighted by Crippen LogP contribution is 2.33. The number of halogens is 2. The molecule has 0 aliphatic carbocycles. The SMILES string of the molecule is CN=C1SC(=Cc2ccc(-c3ccc(Br)c(Cl)c3)o2)C(=O)N1C. The highest BCUT2D eigenvalue weighted by molar-refractivity contribution is 9.10. The third-order valence-corrected chi connectivity index (χ3v) is 5.68. The molecule has 1 saturated heterocycles. The summed E-state index contributed by atoms with van der Waals surface area (Å²) in [6.45, 7) is 0. The first-order chi connectivity index (χ1) is 11.0. The topological polar surface area (TPSA) is 45.8 Å². The van der Waals surface area contributed by atoms with Gasteiger partial charge in [0, 0.05) is 30.2 Å². The van der Waals surface area contributed by atoms with E-state index in [0.717, 1.165) is 10.0 Å². The highest BCUT2D eigenvalue weighted by atomic mass is 79.9. The third-order valence-electron chi connectivity index (χ3n) is 3.30. The molecule has 4 nitrogen and oxygen atoms in total. The Bertz CT molecular complexity index is 844. The standard InChI is InChI=1S/C16H12BrClN2O2S/c1-19-16-20(2)15(21)14(23-16)8-10-4-6-13(22-10)9-3-5-11(17)12(18)7-9/h3-8H,1-2H3. The number of hydrogen-bond acceptors (Lipinski definition) is 4. The summed E-state index contributed by atoms with van der Waals surface area (Å²) < 4.78 is 6.64. The predicted octanol–water partition coefficient (Wildman–Crippen LogP) is 4.89. The Morgan fingerprint density at radius 2 is 2.13 bits per heavy atom. The number of aliphatic imine (C=N–C) groups is 1. The molecule has 2 heterocycles. The summed E-state index contributed by atoms with van der Waals surface area (Å²) >= 11 is 10.8. The molecule has 1 fully saturated rings. The van der Waals surface area contributed by atoms with Crippen molar-refractivity contribution in [2.24, 2.45) is 4.99 Å². The number of hydrogen-bond donors (Lipinski definition) is 0. The third kappa shape index (κ3) is 3.24. The second-order valence-corrected chi connectivity index (χ2v) is 7.08. The van der Waals surface area contributed by atoms with Crippen molar-refractivity contribution in [3.05, 3.63) is 50.5 Å². The van der Waals surface area contributed by atoms with Gasteiger partial charge in [0.25, 0.3) is 5.91 Å². The van der Waals surface area contributed by atoms with Crippen molar-refractivity contribution in [3.8, 4) is 11.3 Å². The van der Waals surface area contributed by atoms with Crippen molar-refractivity contribution in [1.82, 2.24) is 4.90 Å². The van der Waals surface area contributed by atoms with Gasteiger partial charge in [0.05, 0.1) is 9.93 Å². The summed E-state index contributed by atoms with van der Waals surface area (Å²) in [7, 11) is 3.37. The zero-order valence-corrected chi connectivity index (χ0v) is 15.5. The number of nitrogens with zero attached hydrogens (tertiary/aromatic N) is 2. The molecule has 1 amide bonds. The van der Waals surface area contributed by atoms with Crippen LogP contribution in [0.5, 0.6) is 0 Å². The lowest BCUT2D eigenvalue weighted by Gasteiger charge is -2.04. The van der Waals surface area contributed by atoms with Crippen molar-refractivity contribution in [3.63, 3.8) is 0 Å². The molecule has 118 valence electrons. The van der Waals surface area contributed by atoms with Gasteiger partial charge >= 0.3 is 0 Å². The van der Waals surface area contributed by atoms with Crippen LogP contribution in [0.15, 0.2) is 49.1 Å². The van der Waals surface area contributed by atoms with Crippen LogP contribution in [0.4, 0.5) is 0 Å². The summed E-state index contributed by atoms with van der Waals surface area (Å²) in [6, 6.07) is 9.29. The van der Waals surface area contributed by atoms with Gasteiger partial charge < -0.3 is 4.42 Å². The largest absolute Gasteiger partial charge is 0.457 e. The summed E-state index contributed by atoms with van der Waals surface area (Å²) in [5.74, 6) is 1.22. The van der Waals surface area contributed by atoms with Crippen molar-refractivity contribution in [1.29, 1.82) is 0 Å². The molecular weight excluding hydrogens is 400 g/mol. The maximum Gasteiger partial charge on any atom is 0.266 e. The number of thioether (sulfide) groups is 1. The predicted molar refractivity (Wildman–Crippen MR) is 98.6 cm³/mol. The number of carbonyl (C=O) groups is 1. The summed E-state index contributed by atoms with van der Waals surface area (Å²) in [4.78, 5) is 18.3. The van der Waals surface area contributed by atoms with Crippen LogP contribution in [0.3, 0.4) is 0 Å². The van der Waals surface area contributed by atoms with Crippen molar-refractivity contribution < 1.29 is 9.21 Å². The van der Waals surface area contributed by atoms with Gasteiger partial charge in [0.15, 0.2) is 5.17 Å². The van der Waals surface area contributed by atoms with Gasteiger partial charge in [0.2, 0.25) is 0 Å². The first kappa shape index (κ1) is 16.4. The molecule has 7 heteroatoms. The second kappa shape index (κ2) is 6.55. The van der Waals surface area contributed by atoms with Crippen LogP contribution in [-0.4, -0.2) is 30.1 Å². The molecule has 1 aromatic carbocycles. The van der Waals surface area contributed by atoms with E-state index in [4.69, 9.17) is 16.0 Å². The van der Waals surface area contributed by atoms with Crippen LogP contribution >= 0.6 is 39.3 Å². The van der Waals surface area contributed by atoms with Gasteiger partial charge in [-0.3, -0.25) is 14.7 Å². The molecular formula is C16H12BrClN2O2S.